The van der Waals surface area contributed by atoms with Gasteiger partial charge in [0.2, 0.25) is 6.41 Å². The molecule has 1 amide bonds. The summed E-state index contributed by atoms with van der Waals surface area (Å²) in [6, 6.07) is 0. The Morgan fingerprint density at radius 3 is 3.00 bits per heavy atom. The van der Waals surface area contributed by atoms with Gasteiger partial charge in [-0.1, -0.05) is 0 Å². The summed E-state index contributed by atoms with van der Waals surface area (Å²) in [5.41, 5.74) is 8.27. The van der Waals surface area contributed by atoms with E-state index >= 15 is 0 Å². The first-order chi connectivity index (χ1) is 5.74. The van der Waals surface area contributed by atoms with Crippen molar-refractivity contribution >= 4 is 29.1 Å². The zero-order valence-electron chi connectivity index (χ0n) is 6.44. The molecule has 0 fully saturated rings. The van der Waals surface area contributed by atoms with Gasteiger partial charge in [-0.15, -0.1) is 11.3 Å². The maximum atomic E-state index is 9.82. The lowest BCUT2D eigenvalue weighted by atomic mass is 10.4. The lowest BCUT2D eigenvalue weighted by Crippen LogP contribution is -2.01. The van der Waals surface area contributed by atoms with E-state index in [-0.39, 0.29) is 0 Å². The van der Waals surface area contributed by atoms with Gasteiger partial charge in [0.25, 0.3) is 0 Å². The van der Waals surface area contributed by atoms with Gasteiger partial charge in [-0.25, -0.2) is 10.4 Å². The minimum absolute atomic E-state index is 0.488. The maximum absolute atomic E-state index is 9.82. The quantitative estimate of drug-likeness (QED) is 0.397. The molecule has 12 heavy (non-hydrogen) atoms. The van der Waals surface area contributed by atoms with Gasteiger partial charge >= 0.3 is 0 Å². The molecule has 1 aromatic heterocycles. The number of nitrogens with two attached hydrogens (primary N) is 1. The highest BCUT2D eigenvalue weighted by atomic mass is 32.1. The predicted octanol–water partition coefficient (Wildman–Crippen LogP) is 0.114. The second-order valence-corrected chi connectivity index (χ2v) is 3.23. The highest BCUT2D eigenvalue weighted by Crippen LogP contribution is 2.16. The molecule has 0 atom stereocenters. The van der Waals surface area contributed by atoms with Gasteiger partial charge in [-0.05, 0) is 6.92 Å². The molecular formula is C6H8N4OS. The summed E-state index contributed by atoms with van der Waals surface area (Å²) < 4.78 is 0. The first-order valence-electron chi connectivity index (χ1n) is 3.19. The molecule has 0 spiro atoms. The van der Waals surface area contributed by atoms with E-state index in [2.05, 4.69) is 15.5 Å². The Labute approximate surface area is 73.3 Å². The molecule has 0 unspecified atom stereocenters. The van der Waals surface area contributed by atoms with Crippen LogP contribution in [-0.4, -0.2) is 17.6 Å². The van der Waals surface area contributed by atoms with Crippen molar-refractivity contribution in [3.63, 3.8) is 0 Å². The second kappa shape index (κ2) is 3.82. The summed E-state index contributed by atoms with van der Waals surface area (Å²) in [6.45, 7) is 1.89. The van der Waals surface area contributed by atoms with Gasteiger partial charge in [-0.3, -0.25) is 4.79 Å². The third-order valence-electron chi connectivity index (χ3n) is 1.16. The lowest BCUT2D eigenvalue weighted by molar-refractivity contribution is -0.109. The molecule has 0 aromatic carbocycles. The summed E-state index contributed by atoms with van der Waals surface area (Å²) in [4.78, 5) is 14.8. The van der Waals surface area contributed by atoms with Crippen LogP contribution in [0.2, 0.25) is 0 Å². The molecule has 0 radical (unpaired) electrons. The Hall–Kier alpha value is -1.43. The normalized spacial score (nSPS) is 10.4. The number of nitrogens with one attached hydrogen (secondary N) is 1. The summed E-state index contributed by atoms with van der Waals surface area (Å²) in [7, 11) is 0. The van der Waals surface area contributed by atoms with E-state index in [0.717, 1.165) is 4.88 Å². The number of hydrogen-bond donors (Lipinski definition) is 2. The Bertz CT molecular complexity index is 306. The number of aromatic nitrogens is 1. The van der Waals surface area contributed by atoms with Crippen LogP contribution in [0.5, 0.6) is 0 Å². The smallest absolute Gasteiger partial charge is 0.227 e. The van der Waals surface area contributed by atoms with E-state index < -0.39 is 0 Å². The minimum Gasteiger partial charge on any atom is -0.375 e. The van der Waals surface area contributed by atoms with E-state index in [1.54, 1.807) is 0 Å². The number of hydrogen-bond acceptors (Lipinski definition) is 5. The van der Waals surface area contributed by atoms with E-state index in [4.69, 9.17) is 5.73 Å². The van der Waals surface area contributed by atoms with Crippen LogP contribution < -0.4 is 11.2 Å². The number of rotatable bonds is 3. The molecule has 1 rings (SSSR count). The number of thiazole rings is 1. The molecule has 1 heterocycles. The van der Waals surface area contributed by atoms with Crippen molar-refractivity contribution in [1.29, 1.82) is 0 Å². The van der Waals surface area contributed by atoms with Crippen LogP contribution in [0.15, 0.2) is 5.10 Å². The topological polar surface area (TPSA) is 80.4 Å². The number of nitrogen functional groups attached to an aromatic ring is 1. The molecule has 6 heteroatoms. The van der Waals surface area contributed by atoms with Crippen LogP contribution in [-0.2, 0) is 4.79 Å². The van der Waals surface area contributed by atoms with E-state index in [0.29, 0.717) is 17.2 Å². The summed E-state index contributed by atoms with van der Waals surface area (Å²) in [5, 5.41) is 4.08. The Kier molecular flexibility index (Phi) is 2.76. The molecule has 0 aliphatic heterocycles. The third kappa shape index (κ3) is 2.03. The number of aryl methyl sites for hydroxylation is 1. The summed E-state index contributed by atoms with van der Waals surface area (Å²) in [6.07, 6.45) is 1.94. The number of hydrazone groups is 1. The Morgan fingerprint density at radius 1 is 1.75 bits per heavy atom. The number of nitrogens with zero attached hydrogens (tertiary/aromatic N) is 2. The van der Waals surface area contributed by atoms with Gasteiger partial charge in [0.15, 0.2) is 5.13 Å². The average molecular weight is 184 g/mol. The van der Waals surface area contributed by atoms with Crippen LogP contribution in [0, 0.1) is 6.92 Å². The first kappa shape index (κ1) is 8.66. The SMILES string of the molecule is Cc1sc(N)nc1/C=N\NC=O. The molecule has 0 saturated heterocycles. The van der Waals surface area contributed by atoms with Gasteiger partial charge in [0, 0.05) is 4.88 Å². The van der Waals surface area contributed by atoms with Gasteiger partial charge in [-0.2, -0.15) is 5.10 Å². The molecule has 0 saturated carbocycles. The van der Waals surface area contributed by atoms with E-state index in [9.17, 15) is 4.79 Å². The second-order valence-electron chi connectivity index (χ2n) is 2.00. The van der Waals surface area contributed by atoms with Crippen LogP contribution in [0.3, 0.4) is 0 Å². The van der Waals surface area contributed by atoms with Crippen molar-refractivity contribution in [2.75, 3.05) is 5.73 Å². The molecule has 3 N–H and O–H groups in total. The molecule has 0 aliphatic carbocycles. The van der Waals surface area contributed by atoms with Crippen molar-refractivity contribution < 1.29 is 4.79 Å². The number of carbonyl (C=O) groups is 1. The predicted molar refractivity (Wildman–Crippen MR) is 48.1 cm³/mol. The standard InChI is InChI=1S/C6H8N4OS/c1-4-5(2-8-9-3-11)10-6(7)12-4/h2-3H,1H3,(H2,7,10)(H,9,11)/b8-2-. The minimum atomic E-state index is 0.488. The zero-order chi connectivity index (χ0) is 8.97. The molecule has 64 valence electrons. The Morgan fingerprint density at radius 2 is 2.50 bits per heavy atom. The van der Waals surface area contributed by atoms with Gasteiger partial charge < -0.3 is 5.73 Å². The van der Waals surface area contributed by atoms with Crippen LogP contribution in [0.4, 0.5) is 5.13 Å². The third-order valence-corrected chi connectivity index (χ3v) is 1.98. The number of carbonyl (C=O) groups excluding carboxylic acids is 1. The fourth-order valence-corrected chi connectivity index (χ4v) is 1.34. The highest BCUT2D eigenvalue weighted by Gasteiger charge is 2.00. The Balaban J connectivity index is 2.74. The van der Waals surface area contributed by atoms with Crippen molar-refractivity contribution in [1.82, 2.24) is 10.4 Å². The fourth-order valence-electron chi connectivity index (χ4n) is 0.678. The van der Waals surface area contributed by atoms with E-state index in [1.165, 1.54) is 17.6 Å². The van der Waals surface area contributed by atoms with Gasteiger partial charge in [0.05, 0.1) is 11.9 Å². The van der Waals surface area contributed by atoms with Gasteiger partial charge in [0.1, 0.15) is 0 Å². The summed E-state index contributed by atoms with van der Waals surface area (Å²) in [5.74, 6) is 0. The molecule has 0 bridgehead atoms. The molecule has 1 aromatic rings. The van der Waals surface area contributed by atoms with Crippen LogP contribution >= 0.6 is 11.3 Å². The molecule has 0 aliphatic rings. The van der Waals surface area contributed by atoms with Crippen molar-refractivity contribution in [3.8, 4) is 0 Å². The van der Waals surface area contributed by atoms with Crippen molar-refractivity contribution in [2.24, 2.45) is 5.10 Å². The largest absolute Gasteiger partial charge is 0.375 e. The zero-order valence-corrected chi connectivity index (χ0v) is 7.26. The lowest BCUT2D eigenvalue weighted by Gasteiger charge is -1.85. The van der Waals surface area contributed by atoms with Crippen LogP contribution in [0.25, 0.3) is 0 Å². The average Bonchev–Trinajstić information content (AvgIpc) is 2.31. The number of anilines is 1. The van der Waals surface area contributed by atoms with E-state index in [1.807, 2.05) is 6.92 Å². The van der Waals surface area contributed by atoms with Crippen molar-refractivity contribution in [2.45, 2.75) is 6.92 Å². The van der Waals surface area contributed by atoms with Crippen LogP contribution in [0.1, 0.15) is 10.6 Å². The number of amides is 1. The summed E-state index contributed by atoms with van der Waals surface area (Å²) >= 11 is 1.39. The fraction of sp³-hybridized carbons (Fsp3) is 0.167. The highest BCUT2D eigenvalue weighted by molar-refractivity contribution is 7.15. The monoisotopic (exact) mass is 184 g/mol. The molecule has 5 nitrogen and oxygen atoms in total. The molecular weight excluding hydrogens is 176 g/mol. The maximum Gasteiger partial charge on any atom is 0.227 e. The van der Waals surface area contributed by atoms with Crippen molar-refractivity contribution in [3.05, 3.63) is 10.6 Å². The first-order valence-corrected chi connectivity index (χ1v) is 4.01.